The molecule has 0 aliphatic heterocycles. The van der Waals surface area contributed by atoms with Crippen LogP contribution >= 0.6 is 23.2 Å². The Morgan fingerprint density at radius 1 is 1.15 bits per heavy atom. The molecule has 0 spiro atoms. The lowest BCUT2D eigenvalue weighted by Gasteiger charge is -2.14. The molecule has 2 aromatic rings. The van der Waals surface area contributed by atoms with E-state index < -0.39 is 4.92 Å². The summed E-state index contributed by atoms with van der Waals surface area (Å²) in [4.78, 5) is 10.2. The van der Waals surface area contributed by atoms with E-state index >= 15 is 0 Å². The smallest absolute Gasteiger partial charge is 0.271 e. The van der Waals surface area contributed by atoms with Crippen LogP contribution in [0.5, 0.6) is 11.5 Å². The van der Waals surface area contributed by atoms with E-state index in [4.69, 9.17) is 32.7 Å². The molecule has 2 N–H and O–H groups in total. The molecule has 0 radical (unpaired) electrons. The SMILES string of the molecule is CCOc1cc(CNCCNc2ccc([N+](=O)[O-])cc2Cl)cc(Cl)c1OC. The minimum atomic E-state index is -0.478. The van der Waals surface area contributed by atoms with Crippen molar-refractivity contribution < 1.29 is 14.4 Å². The van der Waals surface area contributed by atoms with Crippen LogP contribution in [-0.2, 0) is 6.54 Å². The highest BCUT2D eigenvalue weighted by Gasteiger charge is 2.11. The number of nitro benzene ring substituents is 1. The van der Waals surface area contributed by atoms with E-state index in [0.717, 1.165) is 5.56 Å². The second-order valence-corrected chi connectivity index (χ2v) is 6.38. The summed E-state index contributed by atoms with van der Waals surface area (Å²) in [5.41, 5.74) is 1.58. The lowest BCUT2D eigenvalue weighted by molar-refractivity contribution is -0.384. The van der Waals surface area contributed by atoms with E-state index in [9.17, 15) is 10.1 Å². The quantitative estimate of drug-likeness (QED) is 0.338. The van der Waals surface area contributed by atoms with Crippen molar-refractivity contribution in [3.8, 4) is 11.5 Å². The molecule has 0 atom stereocenters. The zero-order valence-corrected chi connectivity index (χ0v) is 16.6. The molecule has 0 heterocycles. The first-order valence-corrected chi connectivity index (χ1v) is 9.09. The number of non-ortho nitro benzene ring substituents is 1. The first kappa shape index (κ1) is 21.1. The van der Waals surface area contributed by atoms with Gasteiger partial charge in [-0.3, -0.25) is 10.1 Å². The van der Waals surface area contributed by atoms with Crippen LogP contribution in [0.4, 0.5) is 11.4 Å². The molecule has 0 aliphatic carbocycles. The number of methoxy groups -OCH3 is 1. The number of benzene rings is 2. The molecule has 2 aromatic carbocycles. The molecule has 0 unspecified atom stereocenters. The normalized spacial score (nSPS) is 10.5. The Morgan fingerprint density at radius 2 is 1.93 bits per heavy atom. The minimum absolute atomic E-state index is 0.0369. The molecule has 2 rings (SSSR count). The first-order chi connectivity index (χ1) is 13.0. The van der Waals surface area contributed by atoms with Crippen molar-refractivity contribution in [3.05, 3.63) is 56.1 Å². The zero-order chi connectivity index (χ0) is 19.8. The van der Waals surface area contributed by atoms with Crippen LogP contribution in [0.25, 0.3) is 0 Å². The van der Waals surface area contributed by atoms with Crippen LogP contribution in [0, 0.1) is 10.1 Å². The number of hydrogen-bond donors (Lipinski definition) is 2. The summed E-state index contributed by atoms with van der Waals surface area (Å²) in [7, 11) is 1.55. The number of ether oxygens (including phenoxy) is 2. The van der Waals surface area contributed by atoms with Gasteiger partial charge in [-0.15, -0.1) is 0 Å². The summed E-state index contributed by atoms with van der Waals surface area (Å²) >= 11 is 12.3. The fourth-order valence-corrected chi connectivity index (χ4v) is 3.02. The van der Waals surface area contributed by atoms with Crippen molar-refractivity contribution in [3.63, 3.8) is 0 Å². The van der Waals surface area contributed by atoms with Crippen LogP contribution in [0.3, 0.4) is 0 Å². The van der Waals surface area contributed by atoms with Crippen molar-refractivity contribution in [2.24, 2.45) is 0 Å². The molecule has 0 aromatic heterocycles. The number of nitrogens with one attached hydrogen (secondary N) is 2. The largest absolute Gasteiger partial charge is 0.491 e. The molecule has 0 saturated carbocycles. The van der Waals surface area contributed by atoms with E-state index in [-0.39, 0.29) is 5.69 Å². The zero-order valence-electron chi connectivity index (χ0n) is 15.1. The maximum absolute atomic E-state index is 10.7. The minimum Gasteiger partial charge on any atom is -0.491 e. The van der Waals surface area contributed by atoms with Gasteiger partial charge < -0.3 is 20.1 Å². The summed E-state index contributed by atoms with van der Waals surface area (Å²) in [6.07, 6.45) is 0. The van der Waals surface area contributed by atoms with E-state index in [1.54, 1.807) is 13.2 Å². The molecule has 0 fully saturated rings. The van der Waals surface area contributed by atoms with Gasteiger partial charge in [0, 0.05) is 31.8 Å². The summed E-state index contributed by atoms with van der Waals surface area (Å²) < 4.78 is 10.8. The predicted octanol–water partition coefficient (Wildman–Crippen LogP) is 4.51. The van der Waals surface area contributed by atoms with Gasteiger partial charge in [-0.2, -0.15) is 0 Å². The number of nitro groups is 1. The maximum atomic E-state index is 10.7. The van der Waals surface area contributed by atoms with E-state index in [2.05, 4.69) is 10.6 Å². The molecule has 9 heteroatoms. The van der Waals surface area contributed by atoms with Crippen LogP contribution in [0.1, 0.15) is 12.5 Å². The van der Waals surface area contributed by atoms with Gasteiger partial charge in [-0.25, -0.2) is 0 Å². The third kappa shape index (κ3) is 5.89. The number of hydrogen-bond acceptors (Lipinski definition) is 6. The second kappa shape index (κ2) is 10.2. The van der Waals surface area contributed by atoms with Crippen molar-refractivity contribution >= 4 is 34.6 Å². The number of halogens is 2. The van der Waals surface area contributed by atoms with Gasteiger partial charge >= 0.3 is 0 Å². The van der Waals surface area contributed by atoms with Gasteiger partial charge in [0.15, 0.2) is 11.5 Å². The van der Waals surface area contributed by atoms with Crippen LogP contribution in [0.2, 0.25) is 10.0 Å². The average molecular weight is 414 g/mol. The van der Waals surface area contributed by atoms with Crippen molar-refractivity contribution in [2.45, 2.75) is 13.5 Å². The fourth-order valence-electron chi connectivity index (χ4n) is 2.46. The molecule has 0 bridgehead atoms. The van der Waals surface area contributed by atoms with E-state index in [0.29, 0.717) is 53.5 Å². The summed E-state index contributed by atoms with van der Waals surface area (Å²) in [6.45, 7) is 4.26. The Morgan fingerprint density at radius 3 is 2.56 bits per heavy atom. The molecule has 0 amide bonds. The first-order valence-electron chi connectivity index (χ1n) is 8.34. The third-order valence-electron chi connectivity index (χ3n) is 3.68. The van der Waals surface area contributed by atoms with Crippen molar-refractivity contribution in [1.29, 1.82) is 0 Å². The number of anilines is 1. The van der Waals surface area contributed by atoms with Gasteiger partial charge in [0.25, 0.3) is 5.69 Å². The standard InChI is InChI=1S/C18H21Cl2N3O4/c1-3-27-17-9-12(8-15(20)18(17)26-2)11-21-6-7-22-16-5-4-13(23(24)25)10-14(16)19/h4-5,8-10,21-22H,3,6-7,11H2,1-2H3. The molecule has 146 valence electrons. The van der Waals surface area contributed by atoms with Crippen molar-refractivity contribution in [1.82, 2.24) is 5.32 Å². The van der Waals surface area contributed by atoms with Crippen LogP contribution in [0.15, 0.2) is 30.3 Å². The summed E-state index contributed by atoms with van der Waals surface area (Å²) in [5, 5.41) is 18.0. The average Bonchev–Trinajstić information content (AvgIpc) is 2.62. The summed E-state index contributed by atoms with van der Waals surface area (Å²) in [6, 6.07) is 8.05. The molecule has 7 nitrogen and oxygen atoms in total. The number of nitrogens with zero attached hydrogens (tertiary/aromatic N) is 1. The van der Waals surface area contributed by atoms with Gasteiger partial charge in [0.2, 0.25) is 0 Å². The summed E-state index contributed by atoms with van der Waals surface area (Å²) in [5.74, 6) is 1.14. The fraction of sp³-hybridized carbons (Fsp3) is 0.333. The Balaban J connectivity index is 1.86. The molecule has 27 heavy (non-hydrogen) atoms. The Kier molecular flexibility index (Phi) is 7.97. The molecule has 0 aliphatic rings. The number of rotatable bonds is 10. The predicted molar refractivity (Wildman–Crippen MR) is 107 cm³/mol. The van der Waals surface area contributed by atoms with E-state index in [1.807, 2.05) is 19.1 Å². The maximum Gasteiger partial charge on any atom is 0.271 e. The Hall–Kier alpha value is -2.22. The van der Waals surface area contributed by atoms with Gasteiger partial charge in [0.1, 0.15) is 0 Å². The van der Waals surface area contributed by atoms with E-state index in [1.165, 1.54) is 12.1 Å². The van der Waals surface area contributed by atoms with Crippen LogP contribution < -0.4 is 20.1 Å². The molecule has 0 saturated heterocycles. The van der Waals surface area contributed by atoms with Crippen molar-refractivity contribution in [2.75, 3.05) is 32.1 Å². The second-order valence-electron chi connectivity index (χ2n) is 5.57. The molecular formula is C18H21Cl2N3O4. The highest BCUT2D eigenvalue weighted by Crippen LogP contribution is 2.36. The molecular weight excluding hydrogens is 393 g/mol. The van der Waals surface area contributed by atoms with Gasteiger partial charge in [-0.1, -0.05) is 23.2 Å². The lowest BCUT2D eigenvalue weighted by Crippen LogP contribution is -2.22. The van der Waals surface area contributed by atoms with Gasteiger partial charge in [-0.05, 0) is 30.7 Å². The van der Waals surface area contributed by atoms with Gasteiger partial charge in [0.05, 0.1) is 34.4 Å². The Labute approximate surface area is 167 Å². The lowest BCUT2D eigenvalue weighted by atomic mass is 10.2. The highest BCUT2D eigenvalue weighted by atomic mass is 35.5. The monoisotopic (exact) mass is 413 g/mol. The Bertz CT molecular complexity index is 802. The third-order valence-corrected chi connectivity index (χ3v) is 4.28. The topological polar surface area (TPSA) is 85.7 Å². The highest BCUT2D eigenvalue weighted by molar-refractivity contribution is 6.33. The van der Waals surface area contributed by atoms with Crippen LogP contribution in [-0.4, -0.2) is 31.7 Å².